The van der Waals surface area contributed by atoms with E-state index in [1.54, 1.807) is 0 Å². The van der Waals surface area contributed by atoms with Gasteiger partial charge < -0.3 is 25.3 Å². The molecule has 0 saturated carbocycles. The first-order chi connectivity index (χ1) is 10.7. The van der Waals surface area contributed by atoms with Crippen molar-refractivity contribution in [2.75, 3.05) is 46.6 Å². The van der Waals surface area contributed by atoms with Crippen molar-refractivity contribution in [2.45, 2.75) is 52.4 Å². The van der Waals surface area contributed by atoms with Gasteiger partial charge in [-0.05, 0) is 58.2 Å². The van der Waals surface area contributed by atoms with E-state index in [2.05, 4.69) is 19.2 Å². The van der Waals surface area contributed by atoms with Gasteiger partial charge in [-0.15, -0.1) is 0 Å². The molecule has 3 N–H and O–H groups in total. The highest BCUT2D eigenvalue weighted by molar-refractivity contribution is 5.48. The van der Waals surface area contributed by atoms with E-state index in [1.807, 2.05) is 7.05 Å². The predicted molar refractivity (Wildman–Crippen MR) is 93.2 cm³/mol. The van der Waals surface area contributed by atoms with Crippen LogP contribution >= 0.6 is 0 Å². The minimum Gasteiger partial charge on any atom is -0.381 e. The second-order valence-electron chi connectivity index (χ2n) is 5.67. The topological polar surface area (TPSA) is 73.6 Å². The highest BCUT2D eigenvalue weighted by Crippen LogP contribution is 1.99. The van der Waals surface area contributed by atoms with E-state index in [9.17, 15) is 4.79 Å². The minimum atomic E-state index is 0.671. The van der Waals surface area contributed by atoms with Crippen molar-refractivity contribution in [2.24, 2.45) is 11.7 Å². The van der Waals surface area contributed by atoms with Crippen molar-refractivity contribution in [3.8, 4) is 0 Å². The SMILES string of the molecule is CC(C)CCC=O.CNCCCOCCCCOCCCN. The molecule has 0 atom stereocenters. The number of carbonyl (C=O) groups excluding carboxylic acids is 1. The molecule has 22 heavy (non-hydrogen) atoms. The van der Waals surface area contributed by atoms with Gasteiger partial charge in [0.05, 0.1) is 0 Å². The number of hydrogen-bond acceptors (Lipinski definition) is 5. The molecule has 0 rings (SSSR count). The average Bonchev–Trinajstić information content (AvgIpc) is 2.51. The fourth-order valence-corrected chi connectivity index (χ4v) is 1.55. The zero-order valence-corrected chi connectivity index (χ0v) is 14.9. The van der Waals surface area contributed by atoms with Crippen molar-refractivity contribution in [1.82, 2.24) is 5.32 Å². The van der Waals surface area contributed by atoms with Crippen LogP contribution in [0.5, 0.6) is 0 Å². The summed E-state index contributed by atoms with van der Waals surface area (Å²) in [4.78, 5) is 9.71. The van der Waals surface area contributed by atoms with Gasteiger partial charge in [-0.3, -0.25) is 0 Å². The number of rotatable bonds is 15. The zero-order chi connectivity index (χ0) is 16.9. The fourth-order valence-electron chi connectivity index (χ4n) is 1.55. The molecule has 0 spiro atoms. The molecule has 5 heteroatoms. The van der Waals surface area contributed by atoms with Gasteiger partial charge in [-0.25, -0.2) is 0 Å². The van der Waals surface area contributed by atoms with Gasteiger partial charge in [0.15, 0.2) is 0 Å². The van der Waals surface area contributed by atoms with Gasteiger partial charge in [0.25, 0.3) is 0 Å². The molecule has 0 radical (unpaired) electrons. The van der Waals surface area contributed by atoms with Crippen molar-refractivity contribution < 1.29 is 14.3 Å². The van der Waals surface area contributed by atoms with E-state index in [0.29, 0.717) is 12.5 Å². The van der Waals surface area contributed by atoms with E-state index in [0.717, 1.165) is 77.8 Å². The molecular formula is C17H38N2O3. The van der Waals surface area contributed by atoms with E-state index >= 15 is 0 Å². The van der Waals surface area contributed by atoms with Crippen LogP contribution in [0.15, 0.2) is 0 Å². The second-order valence-corrected chi connectivity index (χ2v) is 5.67. The van der Waals surface area contributed by atoms with Gasteiger partial charge in [0.2, 0.25) is 0 Å². The Morgan fingerprint density at radius 2 is 1.55 bits per heavy atom. The minimum absolute atomic E-state index is 0.671. The summed E-state index contributed by atoms with van der Waals surface area (Å²) in [6.45, 7) is 9.31. The quantitative estimate of drug-likeness (QED) is 0.358. The first kappa shape index (κ1) is 23.8. The summed E-state index contributed by atoms with van der Waals surface area (Å²) in [7, 11) is 1.96. The fraction of sp³-hybridized carbons (Fsp3) is 0.941. The van der Waals surface area contributed by atoms with E-state index in [4.69, 9.17) is 15.2 Å². The zero-order valence-electron chi connectivity index (χ0n) is 14.9. The van der Waals surface area contributed by atoms with Crippen LogP contribution in [0.3, 0.4) is 0 Å². The number of ether oxygens (including phenoxy) is 2. The Hall–Kier alpha value is -0.490. The van der Waals surface area contributed by atoms with Gasteiger partial charge >= 0.3 is 0 Å². The van der Waals surface area contributed by atoms with Gasteiger partial charge in [-0.2, -0.15) is 0 Å². The normalized spacial score (nSPS) is 10.4. The molecule has 0 fully saturated rings. The van der Waals surface area contributed by atoms with Crippen LogP contribution in [0, 0.1) is 5.92 Å². The summed E-state index contributed by atoms with van der Waals surface area (Å²) in [5.41, 5.74) is 5.34. The lowest BCUT2D eigenvalue weighted by atomic mass is 10.1. The van der Waals surface area contributed by atoms with Crippen molar-refractivity contribution in [3.05, 3.63) is 0 Å². The number of unbranched alkanes of at least 4 members (excludes halogenated alkanes) is 1. The maximum Gasteiger partial charge on any atom is 0.120 e. The monoisotopic (exact) mass is 318 g/mol. The Kier molecular flexibility index (Phi) is 24.6. The van der Waals surface area contributed by atoms with Crippen LogP contribution in [0.4, 0.5) is 0 Å². The average molecular weight is 319 g/mol. The molecule has 0 unspecified atom stereocenters. The van der Waals surface area contributed by atoms with Crippen LogP contribution < -0.4 is 11.1 Å². The maximum atomic E-state index is 9.71. The second kappa shape index (κ2) is 22.8. The summed E-state index contributed by atoms with van der Waals surface area (Å²) >= 11 is 0. The maximum absolute atomic E-state index is 9.71. The highest BCUT2D eigenvalue weighted by Gasteiger charge is 1.91. The third-order valence-electron chi connectivity index (χ3n) is 2.90. The Balaban J connectivity index is 0. The van der Waals surface area contributed by atoms with Crippen LogP contribution in [-0.4, -0.2) is 52.9 Å². The Bertz CT molecular complexity index is 190. The van der Waals surface area contributed by atoms with Gasteiger partial charge in [0, 0.05) is 32.8 Å². The van der Waals surface area contributed by atoms with E-state index in [1.165, 1.54) is 0 Å². The van der Waals surface area contributed by atoms with Crippen molar-refractivity contribution in [3.63, 3.8) is 0 Å². The van der Waals surface area contributed by atoms with Crippen molar-refractivity contribution in [1.29, 1.82) is 0 Å². The molecule has 0 aromatic carbocycles. The molecule has 0 aliphatic carbocycles. The van der Waals surface area contributed by atoms with Gasteiger partial charge in [0.1, 0.15) is 6.29 Å². The van der Waals surface area contributed by atoms with E-state index < -0.39 is 0 Å². The summed E-state index contributed by atoms with van der Waals surface area (Å²) in [6, 6.07) is 0. The predicted octanol–water partition coefficient (Wildman–Crippen LogP) is 2.38. The number of nitrogens with two attached hydrogens (primary N) is 1. The van der Waals surface area contributed by atoms with Crippen LogP contribution in [0.25, 0.3) is 0 Å². The van der Waals surface area contributed by atoms with E-state index in [-0.39, 0.29) is 0 Å². The van der Waals surface area contributed by atoms with Crippen LogP contribution in [-0.2, 0) is 14.3 Å². The van der Waals surface area contributed by atoms with Gasteiger partial charge in [-0.1, -0.05) is 13.8 Å². The molecule has 0 saturated heterocycles. The number of hydrogen-bond donors (Lipinski definition) is 2. The molecule has 0 aliphatic rings. The Morgan fingerprint density at radius 1 is 1.00 bits per heavy atom. The number of carbonyl (C=O) groups is 1. The molecule has 0 heterocycles. The van der Waals surface area contributed by atoms with Crippen molar-refractivity contribution >= 4 is 6.29 Å². The molecule has 134 valence electrons. The first-order valence-electron chi connectivity index (χ1n) is 8.62. The summed E-state index contributed by atoms with van der Waals surface area (Å²) in [6.07, 6.45) is 6.93. The largest absolute Gasteiger partial charge is 0.381 e. The van der Waals surface area contributed by atoms with Crippen LogP contribution in [0.1, 0.15) is 52.4 Å². The summed E-state index contributed by atoms with van der Waals surface area (Å²) in [5, 5.41) is 3.09. The third-order valence-corrected chi connectivity index (χ3v) is 2.90. The standard InChI is InChI=1S/C11H26N2O2.C6H12O/c1-13-7-5-11-15-9-3-2-8-14-10-4-6-12;1-6(2)4-3-5-7/h13H,2-12H2,1H3;5-6H,3-4H2,1-2H3. The molecule has 0 aromatic rings. The third kappa shape index (κ3) is 27.8. The lowest BCUT2D eigenvalue weighted by Crippen LogP contribution is -2.11. The molecule has 0 aromatic heterocycles. The summed E-state index contributed by atoms with van der Waals surface area (Å²) in [5.74, 6) is 0.671. The molecule has 0 aliphatic heterocycles. The Morgan fingerprint density at radius 3 is 1.95 bits per heavy atom. The number of nitrogens with one attached hydrogen (secondary N) is 1. The Labute approximate surface area is 137 Å². The molecule has 0 amide bonds. The smallest absolute Gasteiger partial charge is 0.120 e. The highest BCUT2D eigenvalue weighted by atomic mass is 16.5. The van der Waals surface area contributed by atoms with Crippen LogP contribution in [0.2, 0.25) is 0 Å². The molecule has 5 nitrogen and oxygen atoms in total. The molecule has 0 bridgehead atoms. The lowest BCUT2D eigenvalue weighted by Gasteiger charge is -2.05. The summed E-state index contributed by atoms with van der Waals surface area (Å²) < 4.78 is 10.8. The lowest BCUT2D eigenvalue weighted by molar-refractivity contribution is -0.108. The number of aldehydes is 1. The molecular weight excluding hydrogens is 280 g/mol. The first-order valence-corrected chi connectivity index (χ1v) is 8.62.